The molecule has 0 saturated heterocycles. The predicted molar refractivity (Wildman–Crippen MR) is 76.1 cm³/mol. The zero-order valence-corrected chi connectivity index (χ0v) is 11.8. The Kier molecular flexibility index (Phi) is 4.00. The standard InChI is InChI=1S/C14H15ClFN3/c1-8(2)12-13(18-7-19-14(12)17-3)10-5-4-9(15)6-11(10)16/h4-8H,1-3H3,(H,17,18,19). The van der Waals surface area contributed by atoms with Crippen LogP contribution >= 0.6 is 11.6 Å². The van der Waals surface area contributed by atoms with E-state index in [2.05, 4.69) is 15.3 Å². The first-order valence-corrected chi connectivity index (χ1v) is 6.40. The maximum absolute atomic E-state index is 14.0. The number of hydrogen-bond acceptors (Lipinski definition) is 3. The van der Waals surface area contributed by atoms with Crippen LogP contribution in [0.15, 0.2) is 24.5 Å². The number of halogens is 2. The SMILES string of the molecule is CNc1ncnc(-c2ccc(Cl)cc2F)c1C(C)C. The first kappa shape index (κ1) is 13.7. The lowest BCUT2D eigenvalue weighted by molar-refractivity contribution is 0.630. The lowest BCUT2D eigenvalue weighted by Gasteiger charge is -2.16. The van der Waals surface area contributed by atoms with Crippen LogP contribution in [-0.4, -0.2) is 17.0 Å². The van der Waals surface area contributed by atoms with Gasteiger partial charge in [0.25, 0.3) is 0 Å². The van der Waals surface area contributed by atoms with Crippen LogP contribution in [0.25, 0.3) is 11.3 Å². The molecule has 1 N–H and O–H groups in total. The Morgan fingerprint density at radius 2 is 2.00 bits per heavy atom. The van der Waals surface area contributed by atoms with E-state index in [0.29, 0.717) is 22.1 Å². The van der Waals surface area contributed by atoms with E-state index in [1.165, 1.54) is 12.4 Å². The molecule has 0 saturated carbocycles. The highest BCUT2D eigenvalue weighted by Gasteiger charge is 2.18. The van der Waals surface area contributed by atoms with Crippen LogP contribution in [0.2, 0.25) is 5.02 Å². The molecule has 0 bridgehead atoms. The van der Waals surface area contributed by atoms with Crippen LogP contribution in [0.1, 0.15) is 25.3 Å². The molecule has 5 heteroatoms. The molecule has 0 fully saturated rings. The molecule has 0 atom stereocenters. The molecule has 19 heavy (non-hydrogen) atoms. The average molecular weight is 280 g/mol. The third-order valence-corrected chi connectivity index (χ3v) is 3.12. The first-order chi connectivity index (χ1) is 9.04. The van der Waals surface area contributed by atoms with Crippen molar-refractivity contribution in [2.24, 2.45) is 0 Å². The van der Waals surface area contributed by atoms with Gasteiger partial charge in [0.15, 0.2) is 0 Å². The highest BCUT2D eigenvalue weighted by atomic mass is 35.5. The summed E-state index contributed by atoms with van der Waals surface area (Å²) in [6.07, 6.45) is 1.43. The zero-order valence-electron chi connectivity index (χ0n) is 11.0. The average Bonchev–Trinajstić information content (AvgIpc) is 2.37. The quantitative estimate of drug-likeness (QED) is 0.919. The molecule has 1 aromatic carbocycles. The number of rotatable bonds is 3. The van der Waals surface area contributed by atoms with Crippen LogP contribution in [-0.2, 0) is 0 Å². The number of hydrogen-bond donors (Lipinski definition) is 1. The summed E-state index contributed by atoms with van der Waals surface area (Å²) in [6.45, 7) is 4.05. The summed E-state index contributed by atoms with van der Waals surface area (Å²) in [5.74, 6) is 0.512. The molecule has 0 spiro atoms. The minimum atomic E-state index is -0.379. The van der Waals surface area contributed by atoms with Crippen molar-refractivity contribution < 1.29 is 4.39 Å². The molecular formula is C14H15ClFN3. The van der Waals surface area contributed by atoms with E-state index in [0.717, 1.165) is 5.56 Å². The molecule has 0 unspecified atom stereocenters. The van der Waals surface area contributed by atoms with E-state index >= 15 is 0 Å². The third kappa shape index (κ3) is 2.68. The Hall–Kier alpha value is -1.68. The lowest BCUT2D eigenvalue weighted by Crippen LogP contribution is -2.05. The van der Waals surface area contributed by atoms with E-state index in [-0.39, 0.29) is 11.7 Å². The molecule has 0 aliphatic heterocycles. The van der Waals surface area contributed by atoms with Crippen LogP contribution in [0.3, 0.4) is 0 Å². The van der Waals surface area contributed by atoms with Crippen molar-refractivity contribution in [2.45, 2.75) is 19.8 Å². The summed E-state index contributed by atoms with van der Waals surface area (Å²) in [4.78, 5) is 8.42. The summed E-state index contributed by atoms with van der Waals surface area (Å²) in [7, 11) is 1.79. The Labute approximate surface area is 116 Å². The molecule has 2 aromatic rings. The van der Waals surface area contributed by atoms with E-state index < -0.39 is 0 Å². The van der Waals surface area contributed by atoms with Crippen molar-refractivity contribution in [1.82, 2.24) is 9.97 Å². The fourth-order valence-corrected chi connectivity index (χ4v) is 2.20. The van der Waals surface area contributed by atoms with Crippen molar-refractivity contribution in [3.63, 3.8) is 0 Å². The maximum Gasteiger partial charge on any atom is 0.134 e. The van der Waals surface area contributed by atoms with Gasteiger partial charge in [0.1, 0.15) is 18.0 Å². The number of aromatic nitrogens is 2. The van der Waals surface area contributed by atoms with Gasteiger partial charge in [0.05, 0.1) is 5.69 Å². The van der Waals surface area contributed by atoms with Crippen LogP contribution in [0.4, 0.5) is 10.2 Å². The molecule has 1 aromatic heterocycles. The molecule has 0 aliphatic rings. The van der Waals surface area contributed by atoms with Gasteiger partial charge in [0, 0.05) is 23.2 Å². The highest BCUT2D eigenvalue weighted by molar-refractivity contribution is 6.30. The van der Waals surface area contributed by atoms with Crippen molar-refractivity contribution >= 4 is 17.4 Å². The normalized spacial score (nSPS) is 10.8. The van der Waals surface area contributed by atoms with Gasteiger partial charge in [-0.25, -0.2) is 14.4 Å². The van der Waals surface area contributed by atoms with E-state index in [4.69, 9.17) is 11.6 Å². The topological polar surface area (TPSA) is 37.8 Å². The number of benzene rings is 1. The fraction of sp³-hybridized carbons (Fsp3) is 0.286. The number of nitrogens with zero attached hydrogens (tertiary/aromatic N) is 2. The largest absolute Gasteiger partial charge is 0.373 e. The van der Waals surface area contributed by atoms with Crippen LogP contribution < -0.4 is 5.32 Å². The maximum atomic E-state index is 14.0. The molecule has 3 nitrogen and oxygen atoms in total. The Morgan fingerprint density at radius 1 is 1.26 bits per heavy atom. The minimum absolute atomic E-state index is 0.175. The van der Waals surface area contributed by atoms with Crippen LogP contribution in [0, 0.1) is 5.82 Å². The van der Waals surface area contributed by atoms with Crippen LogP contribution in [0.5, 0.6) is 0 Å². The Bertz CT molecular complexity index is 599. The summed E-state index contributed by atoms with van der Waals surface area (Å²) >= 11 is 5.78. The summed E-state index contributed by atoms with van der Waals surface area (Å²) in [5.41, 5.74) is 1.93. The number of anilines is 1. The van der Waals surface area contributed by atoms with E-state index in [9.17, 15) is 4.39 Å². The van der Waals surface area contributed by atoms with E-state index in [1.54, 1.807) is 19.2 Å². The van der Waals surface area contributed by atoms with Gasteiger partial charge in [-0.05, 0) is 24.1 Å². The zero-order chi connectivity index (χ0) is 14.0. The molecule has 1 heterocycles. The lowest BCUT2D eigenvalue weighted by atomic mass is 9.97. The molecular weight excluding hydrogens is 265 g/mol. The van der Waals surface area contributed by atoms with E-state index in [1.807, 2.05) is 13.8 Å². The van der Waals surface area contributed by atoms with Crippen molar-refractivity contribution in [2.75, 3.05) is 12.4 Å². The fourth-order valence-electron chi connectivity index (χ4n) is 2.04. The van der Waals surface area contributed by atoms with Crippen molar-refractivity contribution in [1.29, 1.82) is 0 Å². The second-order valence-electron chi connectivity index (χ2n) is 4.51. The first-order valence-electron chi connectivity index (χ1n) is 6.02. The van der Waals surface area contributed by atoms with Gasteiger partial charge in [-0.2, -0.15) is 0 Å². The molecule has 100 valence electrons. The molecule has 2 rings (SSSR count). The molecule has 0 aliphatic carbocycles. The van der Waals surface area contributed by atoms with Gasteiger partial charge in [0.2, 0.25) is 0 Å². The van der Waals surface area contributed by atoms with Crippen molar-refractivity contribution in [3.8, 4) is 11.3 Å². The van der Waals surface area contributed by atoms with Gasteiger partial charge in [-0.1, -0.05) is 25.4 Å². The minimum Gasteiger partial charge on any atom is -0.373 e. The summed E-state index contributed by atoms with van der Waals surface area (Å²) in [5, 5.41) is 3.39. The second kappa shape index (κ2) is 5.53. The van der Waals surface area contributed by atoms with Gasteiger partial charge in [-0.3, -0.25) is 0 Å². The monoisotopic (exact) mass is 279 g/mol. The van der Waals surface area contributed by atoms with Crippen molar-refractivity contribution in [3.05, 3.63) is 40.9 Å². The molecule has 0 radical (unpaired) electrons. The Balaban J connectivity index is 2.68. The van der Waals surface area contributed by atoms with Gasteiger partial charge in [-0.15, -0.1) is 0 Å². The van der Waals surface area contributed by atoms with Gasteiger partial charge >= 0.3 is 0 Å². The predicted octanol–water partition coefficient (Wildman–Crippen LogP) is 4.10. The summed E-state index contributed by atoms with van der Waals surface area (Å²) < 4.78 is 14.0. The second-order valence-corrected chi connectivity index (χ2v) is 4.95. The molecule has 0 amide bonds. The highest BCUT2D eigenvalue weighted by Crippen LogP contribution is 2.33. The number of nitrogens with one attached hydrogen (secondary N) is 1. The third-order valence-electron chi connectivity index (χ3n) is 2.88. The van der Waals surface area contributed by atoms with Gasteiger partial charge < -0.3 is 5.32 Å². The Morgan fingerprint density at radius 3 is 2.58 bits per heavy atom. The smallest absolute Gasteiger partial charge is 0.134 e. The summed E-state index contributed by atoms with van der Waals surface area (Å²) in [6, 6.07) is 4.60.